The van der Waals surface area contributed by atoms with Crippen molar-refractivity contribution in [1.29, 1.82) is 0 Å². The summed E-state index contributed by atoms with van der Waals surface area (Å²) in [4.78, 5) is 6.96. The van der Waals surface area contributed by atoms with Crippen LogP contribution in [-0.4, -0.2) is 53.3 Å². The Hall–Kier alpha value is -1.07. The van der Waals surface area contributed by atoms with Crippen molar-refractivity contribution in [2.75, 3.05) is 38.2 Å². The van der Waals surface area contributed by atoms with Gasteiger partial charge in [0.1, 0.15) is 0 Å². The number of nitrogens with one attached hydrogen (secondary N) is 1. The number of hydrogen-bond acceptors (Lipinski definition) is 4. The van der Waals surface area contributed by atoms with Gasteiger partial charge in [0.05, 0.1) is 0 Å². The number of anilines is 1. The number of aryl methyl sites for hydroxylation is 1. The van der Waals surface area contributed by atoms with Crippen LogP contribution in [0.1, 0.15) is 33.1 Å². The average Bonchev–Trinajstić information content (AvgIpc) is 3.12. The Kier molecular flexibility index (Phi) is 6.33. The summed E-state index contributed by atoms with van der Waals surface area (Å²) in [5, 5.41) is 3.48. The van der Waals surface area contributed by atoms with Gasteiger partial charge in [-0.05, 0) is 46.2 Å². The molecule has 0 radical (unpaired) electrons. The Morgan fingerprint density at radius 3 is 2.95 bits per heavy atom. The normalized spacial score (nSPS) is 17.5. The second kappa shape index (κ2) is 8.27. The molecule has 0 amide bonds. The van der Waals surface area contributed by atoms with Crippen LogP contribution in [0.5, 0.6) is 0 Å². The number of ether oxygens (including phenoxy) is 1. The van der Waals surface area contributed by atoms with E-state index in [4.69, 9.17) is 4.74 Å². The second-order valence-corrected chi connectivity index (χ2v) is 5.47. The van der Waals surface area contributed by atoms with Gasteiger partial charge in [-0.1, -0.05) is 0 Å². The van der Waals surface area contributed by atoms with Crippen LogP contribution < -0.4 is 5.32 Å². The summed E-state index contributed by atoms with van der Waals surface area (Å²) >= 11 is 0. The maximum atomic E-state index is 5.38. The predicted molar refractivity (Wildman–Crippen MR) is 82.1 cm³/mol. The molecule has 5 heteroatoms. The number of likely N-dealkylation sites (tertiary alicyclic amines) is 1. The Balaban J connectivity index is 1.73. The molecule has 0 aromatic carbocycles. The molecule has 1 unspecified atom stereocenters. The molecule has 1 aliphatic heterocycles. The van der Waals surface area contributed by atoms with Gasteiger partial charge in [0.15, 0.2) is 0 Å². The summed E-state index contributed by atoms with van der Waals surface area (Å²) in [7, 11) is 0. The van der Waals surface area contributed by atoms with Gasteiger partial charge < -0.3 is 14.6 Å². The predicted octanol–water partition coefficient (Wildman–Crippen LogP) is 2.21. The highest BCUT2D eigenvalue weighted by Crippen LogP contribution is 2.12. The van der Waals surface area contributed by atoms with Crippen molar-refractivity contribution in [2.24, 2.45) is 0 Å². The molecule has 1 aliphatic rings. The van der Waals surface area contributed by atoms with Crippen LogP contribution >= 0.6 is 0 Å². The molecule has 1 aromatic heterocycles. The van der Waals surface area contributed by atoms with E-state index < -0.39 is 0 Å². The van der Waals surface area contributed by atoms with Gasteiger partial charge in [-0.2, -0.15) is 0 Å². The largest absolute Gasteiger partial charge is 0.382 e. The van der Waals surface area contributed by atoms with Crippen molar-refractivity contribution in [1.82, 2.24) is 14.5 Å². The van der Waals surface area contributed by atoms with E-state index in [0.29, 0.717) is 6.04 Å². The Morgan fingerprint density at radius 2 is 2.20 bits per heavy atom. The zero-order valence-electron chi connectivity index (χ0n) is 12.8. The van der Waals surface area contributed by atoms with Crippen molar-refractivity contribution in [3.8, 4) is 0 Å². The monoisotopic (exact) mass is 280 g/mol. The highest BCUT2D eigenvalue weighted by molar-refractivity contribution is 5.26. The molecule has 0 bridgehead atoms. The third-order valence-electron chi connectivity index (χ3n) is 3.93. The molecule has 0 aliphatic carbocycles. The lowest BCUT2D eigenvalue weighted by Gasteiger charge is -2.24. The van der Waals surface area contributed by atoms with Crippen LogP contribution in [-0.2, 0) is 11.3 Å². The zero-order chi connectivity index (χ0) is 14.2. The van der Waals surface area contributed by atoms with Crippen LogP contribution in [0.4, 0.5) is 5.95 Å². The van der Waals surface area contributed by atoms with Crippen LogP contribution in [0.15, 0.2) is 12.4 Å². The highest BCUT2D eigenvalue weighted by Gasteiger charge is 2.18. The van der Waals surface area contributed by atoms with Gasteiger partial charge in [0.2, 0.25) is 5.95 Å². The highest BCUT2D eigenvalue weighted by atomic mass is 16.5. The minimum atomic E-state index is 0.575. The second-order valence-electron chi connectivity index (χ2n) is 5.47. The molecular weight excluding hydrogens is 252 g/mol. The smallest absolute Gasteiger partial charge is 0.202 e. The van der Waals surface area contributed by atoms with E-state index in [1.54, 1.807) is 0 Å². The first-order valence-corrected chi connectivity index (χ1v) is 7.88. The number of nitrogens with zero attached hydrogens (tertiary/aromatic N) is 3. The lowest BCUT2D eigenvalue weighted by atomic mass is 10.3. The van der Waals surface area contributed by atoms with Gasteiger partial charge in [-0.15, -0.1) is 0 Å². The standard InChI is InChI=1S/C15H28N4O/c1-3-20-12-6-10-19-11-7-16-15(19)17-13-14(2)18-8-4-5-9-18/h7,11,14H,3-6,8-10,12-13H2,1-2H3,(H,16,17). The van der Waals surface area contributed by atoms with Gasteiger partial charge in [0, 0.05) is 44.7 Å². The van der Waals surface area contributed by atoms with E-state index in [9.17, 15) is 0 Å². The van der Waals surface area contributed by atoms with Crippen molar-refractivity contribution >= 4 is 5.95 Å². The summed E-state index contributed by atoms with van der Waals surface area (Å²) in [6.45, 7) is 10.3. The van der Waals surface area contributed by atoms with E-state index >= 15 is 0 Å². The summed E-state index contributed by atoms with van der Waals surface area (Å²) in [5.41, 5.74) is 0. The molecule has 1 aromatic rings. The fourth-order valence-corrected chi connectivity index (χ4v) is 2.69. The lowest BCUT2D eigenvalue weighted by Crippen LogP contribution is -2.36. The number of imidazole rings is 1. The van der Waals surface area contributed by atoms with E-state index in [1.165, 1.54) is 25.9 Å². The minimum Gasteiger partial charge on any atom is -0.382 e. The summed E-state index contributed by atoms with van der Waals surface area (Å²) in [6.07, 6.45) is 7.62. The van der Waals surface area contributed by atoms with Gasteiger partial charge in [0.25, 0.3) is 0 Å². The molecule has 5 nitrogen and oxygen atoms in total. The van der Waals surface area contributed by atoms with E-state index in [2.05, 4.69) is 26.7 Å². The first kappa shape index (κ1) is 15.3. The van der Waals surface area contributed by atoms with Crippen LogP contribution in [0, 0.1) is 0 Å². The molecule has 20 heavy (non-hydrogen) atoms. The SMILES string of the molecule is CCOCCCn1ccnc1NCC(C)N1CCCC1. The van der Waals surface area contributed by atoms with Crippen LogP contribution in [0.2, 0.25) is 0 Å². The first-order chi connectivity index (χ1) is 9.81. The van der Waals surface area contributed by atoms with Gasteiger partial charge in [-0.3, -0.25) is 4.90 Å². The topological polar surface area (TPSA) is 42.3 Å². The van der Waals surface area contributed by atoms with E-state index in [1.807, 2.05) is 19.3 Å². The maximum absolute atomic E-state index is 5.38. The summed E-state index contributed by atoms with van der Waals surface area (Å²) in [5.74, 6) is 0.979. The molecule has 0 spiro atoms. The molecule has 1 atom stereocenters. The maximum Gasteiger partial charge on any atom is 0.202 e. The summed E-state index contributed by atoms with van der Waals surface area (Å²) < 4.78 is 7.55. The van der Waals surface area contributed by atoms with Crippen molar-refractivity contribution < 1.29 is 4.74 Å². The number of hydrogen-bond donors (Lipinski definition) is 1. The fraction of sp³-hybridized carbons (Fsp3) is 0.800. The third kappa shape index (κ3) is 4.49. The average molecular weight is 280 g/mol. The Bertz CT molecular complexity index is 374. The molecule has 1 N–H and O–H groups in total. The number of aromatic nitrogens is 2. The molecule has 1 fully saturated rings. The molecule has 2 heterocycles. The molecular formula is C15H28N4O. The van der Waals surface area contributed by atoms with Crippen molar-refractivity contribution in [3.05, 3.63) is 12.4 Å². The van der Waals surface area contributed by atoms with Gasteiger partial charge >= 0.3 is 0 Å². The minimum absolute atomic E-state index is 0.575. The quantitative estimate of drug-likeness (QED) is 0.704. The molecule has 2 rings (SSSR count). The third-order valence-corrected chi connectivity index (χ3v) is 3.93. The van der Waals surface area contributed by atoms with E-state index in [-0.39, 0.29) is 0 Å². The van der Waals surface area contributed by atoms with Crippen molar-refractivity contribution in [3.63, 3.8) is 0 Å². The zero-order valence-corrected chi connectivity index (χ0v) is 12.8. The van der Waals surface area contributed by atoms with Crippen LogP contribution in [0.3, 0.4) is 0 Å². The van der Waals surface area contributed by atoms with Crippen molar-refractivity contribution in [2.45, 2.75) is 45.7 Å². The molecule has 0 saturated carbocycles. The lowest BCUT2D eigenvalue weighted by molar-refractivity contribution is 0.142. The van der Waals surface area contributed by atoms with Crippen LogP contribution in [0.25, 0.3) is 0 Å². The first-order valence-electron chi connectivity index (χ1n) is 7.88. The number of rotatable bonds is 9. The summed E-state index contributed by atoms with van der Waals surface area (Å²) in [6, 6.07) is 0.575. The Morgan fingerprint density at radius 1 is 1.40 bits per heavy atom. The molecule has 114 valence electrons. The molecule has 1 saturated heterocycles. The Labute approximate surface area is 122 Å². The fourth-order valence-electron chi connectivity index (χ4n) is 2.69. The van der Waals surface area contributed by atoms with Gasteiger partial charge in [-0.25, -0.2) is 4.98 Å². The van der Waals surface area contributed by atoms with E-state index in [0.717, 1.165) is 38.7 Å².